The van der Waals surface area contributed by atoms with Crippen molar-refractivity contribution in [2.45, 2.75) is 57.7 Å². The summed E-state index contributed by atoms with van der Waals surface area (Å²) in [7, 11) is 0. The van der Waals surface area contributed by atoms with E-state index in [1.54, 1.807) is 0 Å². The summed E-state index contributed by atoms with van der Waals surface area (Å²) in [6.45, 7) is 2.90. The summed E-state index contributed by atoms with van der Waals surface area (Å²) in [5, 5.41) is 0. The van der Waals surface area contributed by atoms with E-state index in [0.717, 1.165) is 38.7 Å². The van der Waals surface area contributed by atoms with Crippen LogP contribution in [0.5, 0.6) is 0 Å². The van der Waals surface area contributed by atoms with Gasteiger partial charge in [-0.15, -0.1) is 0 Å². The van der Waals surface area contributed by atoms with Crippen molar-refractivity contribution in [3.63, 3.8) is 0 Å². The quantitative estimate of drug-likeness (QED) is 0.582. The van der Waals surface area contributed by atoms with Crippen LogP contribution in [0.4, 0.5) is 4.39 Å². The zero-order valence-corrected chi connectivity index (χ0v) is 7.89. The van der Waals surface area contributed by atoms with Crippen LogP contribution < -0.4 is 0 Å². The van der Waals surface area contributed by atoms with Crippen LogP contribution in [0.3, 0.4) is 0 Å². The van der Waals surface area contributed by atoms with E-state index in [9.17, 15) is 4.39 Å². The maximum atomic E-state index is 13.3. The number of alkyl halides is 1. The topological polar surface area (TPSA) is 9.23 Å². The van der Waals surface area contributed by atoms with E-state index in [4.69, 9.17) is 4.74 Å². The zero-order valence-electron chi connectivity index (χ0n) is 7.89. The molecule has 1 rings (SSSR count). The van der Waals surface area contributed by atoms with Crippen LogP contribution >= 0.6 is 0 Å². The van der Waals surface area contributed by atoms with Crippen molar-refractivity contribution in [3.8, 4) is 0 Å². The fourth-order valence-corrected chi connectivity index (χ4v) is 1.66. The van der Waals surface area contributed by atoms with Crippen molar-refractivity contribution < 1.29 is 9.13 Å². The van der Waals surface area contributed by atoms with Gasteiger partial charge in [-0.2, -0.15) is 0 Å². The average Bonchev–Trinajstić information content (AvgIpc) is 2.56. The van der Waals surface area contributed by atoms with Gasteiger partial charge in [0.05, 0.1) is 6.10 Å². The first kappa shape index (κ1) is 9.97. The Balaban J connectivity index is 2.05. The molecule has 0 amide bonds. The van der Waals surface area contributed by atoms with Gasteiger partial charge >= 0.3 is 0 Å². The summed E-state index contributed by atoms with van der Waals surface area (Å²) in [5.74, 6) is 0. The van der Waals surface area contributed by atoms with Crippen molar-refractivity contribution in [1.82, 2.24) is 0 Å². The number of unbranched alkanes of at least 4 members (excludes halogenated alkanes) is 2. The summed E-state index contributed by atoms with van der Waals surface area (Å²) < 4.78 is 18.6. The summed E-state index contributed by atoms with van der Waals surface area (Å²) >= 11 is 0. The molecule has 1 aliphatic rings. The van der Waals surface area contributed by atoms with Crippen molar-refractivity contribution in [2.24, 2.45) is 0 Å². The predicted octanol–water partition coefficient (Wildman–Crippen LogP) is 3.08. The van der Waals surface area contributed by atoms with Crippen molar-refractivity contribution in [2.75, 3.05) is 6.61 Å². The van der Waals surface area contributed by atoms with Crippen LogP contribution in [0, 0.1) is 0 Å². The van der Waals surface area contributed by atoms with Gasteiger partial charge in [0.2, 0.25) is 0 Å². The maximum absolute atomic E-state index is 13.3. The lowest BCUT2D eigenvalue weighted by molar-refractivity contribution is 0.0386. The van der Waals surface area contributed by atoms with Crippen LogP contribution in [-0.4, -0.2) is 18.9 Å². The molecule has 0 aliphatic carbocycles. The van der Waals surface area contributed by atoms with Gasteiger partial charge in [0.15, 0.2) is 0 Å². The van der Waals surface area contributed by atoms with Gasteiger partial charge in [0.25, 0.3) is 0 Å². The number of rotatable bonds is 5. The van der Waals surface area contributed by atoms with Crippen LogP contribution in [-0.2, 0) is 4.74 Å². The predicted molar refractivity (Wildman–Crippen MR) is 48.0 cm³/mol. The molecule has 1 nitrogen and oxygen atoms in total. The third kappa shape index (κ3) is 3.10. The first-order valence-electron chi connectivity index (χ1n) is 5.10. The van der Waals surface area contributed by atoms with Crippen molar-refractivity contribution in [1.29, 1.82) is 0 Å². The Bertz CT molecular complexity index is 110. The SMILES string of the molecule is CCCCCC(F)C1CCCO1. The molecule has 12 heavy (non-hydrogen) atoms. The van der Waals surface area contributed by atoms with E-state index in [-0.39, 0.29) is 6.10 Å². The van der Waals surface area contributed by atoms with E-state index in [1.807, 2.05) is 0 Å². The molecule has 1 heterocycles. The lowest BCUT2D eigenvalue weighted by atomic mass is 10.1. The number of hydrogen-bond acceptors (Lipinski definition) is 1. The van der Waals surface area contributed by atoms with Crippen LogP contribution in [0.25, 0.3) is 0 Å². The largest absolute Gasteiger partial charge is 0.375 e. The molecule has 0 radical (unpaired) electrons. The average molecular weight is 174 g/mol. The molecule has 0 N–H and O–H groups in total. The highest BCUT2D eigenvalue weighted by Crippen LogP contribution is 2.21. The molecule has 1 saturated heterocycles. The minimum Gasteiger partial charge on any atom is -0.375 e. The number of hydrogen-bond donors (Lipinski definition) is 0. The zero-order chi connectivity index (χ0) is 8.81. The number of ether oxygens (including phenoxy) is 1. The Morgan fingerprint density at radius 2 is 2.33 bits per heavy atom. The molecule has 0 aromatic heterocycles. The fraction of sp³-hybridized carbons (Fsp3) is 1.00. The van der Waals surface area contributed by atoms with Gasteiger partial charge in [-0.25, -0.2) is 4.39 Å². The Kier molecular flexibility index (Phi) is 4.59. The van der Waals surface area contributed by atoms with Gasteiger partial charge < -0.3 is 4.74 Å². The van der Waals surface area contributed by atoms with Gasteiger partial charge in [0, 0.05) is 6.61 Å². The molecule has 72 valence electrons. The van der Waals surface area contributed by atoms with E-state index in [2.05, 4.69) is 6.92 Å². The highest BCUT2D eigenvalue weighted by atomic mass is 19.1. The molecule has 0 spiro atoms. The fourth-order valence-electron chi connectivity index (χ4n) is 1.66. The Morgan fingerprint density at radius 3 is 2.92 bits per heavy atom. The third-order valence-corrected chi connectivity index (χ3v) is 2.45. The Hall–Kier alpha value is -0.110. The summed E-state index contributed by atoms with van der Waals surface area (Å²) in [5.41, 5.74) is 0. The summed E-state index contributed by atoms with van der Waals surface area (Å²) in [4.78, 5) is 0. The van der Waals surface area contributed by atoms with Gasteiger partial charge in [-0.05, 0) is 19.3 Å². The minimum atomic E-state index is -0.709. The molecule has 0 saturated carbocycles. The molecular weight excluding hydrogens is 155 g/mol. The van der Waals surface area contributed by atoms with E-state index in [0.29, 0.717) is 6.42 Å². The van der Waals surface area contributed by atoms with E-state index in [1.165, 1.54) is 0 Å². The lowest BCUT2D eigenvalue weighted by Gasteiger charge is -2.14. The smallest absolute Gasteiger partial charge is 0.126 e. The Morgan fingerprint density at radius 1 is 1.50 bits per heavy atom. The van der Waals surface area contributed by atoms with E-state index < -0.39 is 6.17 Å². The minimum absolute atomic E-state index is 0.0816. The molecule has 2 atom stereocenters. The molecule has 1 aliphatic heterocycles. The Labute approximate surface area is 74.3 Å². The lowest BCUT2D eigenvalue weighted by Crippen LogP contribution is -2.20. The molecule has 1 fully saturated rings. The highest BCUT2D eigenvalue weighted by Gasteiger charge is 2.24. The van der Waals surface area contributed by atoms with Crippen molar-refractivity contribution >= 4 is 0 Å². The standard InChI is InChI=1S/C10H19FO/c1-2-3-4-6-9(11)10-7-5-8-12-10/h9-10H,2-8H2,1H3. The second-order valence-electron chi connectivity index (χ2n) is 3.56. The monoisotopic (exact) mass is 174 g/mol. The molecule has 0 bridgehead atoms. The van der Waals surface area contributed by atoms with Crippen LogP contribution in [0.2, 0.25) is 0 Å². The second-order valence-corrected chi connectivity index (χ2v) is 3.56. The third-order valence-electron chi connectivity index (χ3n) is 2.45. The number of halogens is 1. The first-order chi connectivity index (χ1) is 5.84. The first-order valence-corrected chi connectivity index (χ1v) is 5.10. The molecule has 2 unspecified atom stereocenters. The summed E-state index contributed by atoms with van der Waals surface area (Å²) in [6.07, 6.45) is 5.19. The van der Waals surface area contributed by atoms with Gasteiger partial charge in [-0.1, -0.05) is 26.2 Å². The normalized spacial score (nSPS) is 26.0. The van der Waals surface area contributed by atoms with Gasteiger partial charge in [0.1, 0.15) is 6.17 Å². The molecular formula is C10H19FO. The van der Waals surface area contributed by atoms with Gasteiger partial charge in [-0.3, -0.25) is 0 Å². The van der Waals surface area contributed by atoms with Crippen molar-refractivity contribution in [3.05, 3.63) is 0 Å². The highest BCUT2D eigenvalue weighted by molar-refractivity contribution is 4.73. The molecule has 0 aromatic rings. The van der Waals surface area contributed by atoms with E-state index >= 15 is 0 Å². The van der Waals surface area contributed by atoms with Crippen LogP contribution in [0.1, 0.15) is 45.4 Å². The molecule has 2 heteroatoms. The van der Waals surface area contributed by atoms with Crippen LogP contribution in [0.15, 0.2) is 0 Å². The second kappa shape index (κ2) is 5.52. The maximum Gasteiger partial charge on any atom is 0.126 e. The molecule has 0 aromatic carbocycles. The summed E-state index contributed by atoms with van der Waals surface area (Å²) in [6, 6.07) is 0.